The van der Waals surface area contributed by atoms with E-state index < -0.39 is 8.07 Å². The first-order valence-electron chi connectivity index (χ1n) is 19.1. The minimum Gasteiger partial charge on any atom is -0.311 e. The van der Waals surface area contributed by atoms with Gasteiger partial charge in [-0.2, -0.15) is 0 Å². The van der Waals surface area contributed by atoms with Crippen LogP contribution in [-0.4, -0.2) is 24.8 Å². The van der Waals surface area contributed by atoms with Crippen molar-refractivity contribution in [3.05, 3.63) is 181 Å². The van der Waals surface area contributed by atoms with Crippen LogP contribution in [0.1, 0.15) is 11.1 Å². The van der Waals surface area contributed by atoms with Crippen molar-refractivity contribution in [1.82, 2.24) is 9.97 Å². The van der Waals surface area contributed by atoms with Gasteiger partial charge in [-0.15, -0.1) is 0 Å². The summed E-state index contributed by atoms with van der Waals surface area (Å²) in [4.78, 5) is 14.9. The Balaban J connectivity index is 1.28. The Bertz CT molecular complexity index is 2660. The lowest BCUT2D eigenvalue weighted by atomic mass is 9.33. The highest BCUT2D eigenvalue weighted by Gasteiger charge is 2.53. The van der Waals surface area contributed by atoms with E-state index in [0.717, 1.165) is 33.9 Å². The topological polar surface area (TPSA) is 32.3 Å². The van der Waals surface area contributed by atoms with Gasteiger partial charge >= 0.3 is 0 Å². The quantitative estimate of drug-likeness (QED) is 0.169. The zero-order chi connectivity index (χ0) is 36.8. The van der Waals surface area contributed by atoms with Gasteiger partial charge in [0.25, 0.3) is 6.71 Å². The van der Waals surface area contributed by atoms with Gasteiger partial charge in [0.1, 0.15) is 8.07 Å². The van der Waals surface area contributed by atoms with E-state index in [-0.39, 0.29) is 6.71 Å². The number of anilines is 6. The molecule has 0 bridgehead atoms. The molecule has 0 aliphatic carbocycles. The predicted octanol–water partition coefficient (Wildman–Crippen LogP) is 7.92. The fourth-order valence-corrected chi connectivity index (χ4v) is 14.0. The van der Waals surface area contributed by atoms with Gasteiger partial charge < -0.3 is 9.80 Å². The summed E-state index contributed by atoms with van der Waals surface area (Å²) in [6, 6.07) is 58.5. The average Bonchev–Trinajstić information content (AvgIpc) is 3.24. The molecule has 260 valence electrons. The van der Waals surface area contributed by atoms with Gasteiger partial charge in [-0.05, 0) is 108 Å². The molecule has 0 radical (unpaired) electrons. The second-order valence-corrected chi connectivity index (χ2v) is 19.2. The van der Waals surface area contributed by atoms with E-state index in [1.807, 2.05) is 24.5 Å². The molecule has 0 saturated heterocycles. The van der Waals surface area contributed by atoms with E-state index >= 15 is 0 Å². The number of hydrogen-bond donors (Lipinski definition) is 0. The summed E-state index contributed by atoms with van der Waals surface area (Å²) in [5.74, 6) is 0. The monoisotopic (exact) mass is 720 g/mol. The minimum absolute atomic E-state index is 0.0767. The molecule has 6 heteroatoms. The molecule has 2 aromatic heterocycles. The smallest absolute Gasteiger partial charge is 0.251 e. The molecular formula is C49H37BN4Si. The summed E-state index contributed by atoms with van der Waals surface area (Å²) in [5.41, 5.74) is 18.0. The predicted molar refractivity (Wildman–Crippen MR) is 233 cm³/mol. The van der Waals surface area contributed by atoms with Crippen LogP contribution in [0, 0.1) is 13.8 Å². The summed E-state index contributed by atoms with van der Waals surface area (Å²) in [6.07, 6.45) is 3.80. The molecule has 0 unspecified atom stereocenters. The third kappa shape index (κ3) is 4.52. The van der Waals surface area contributed by atoms with Crippen molar-refractivity contribution in [3.8, 4) is 22.5 Å². The summed E-state index contributed by atoms with van der Waals surface area (Å²) in [5, 5.41) is 4.40. The molecular weight excluding hydrogens is 683 g/mol. The van der Waals surface area contributed by atoms with Crippen LogP contribution in [0.15, 0.2) is 170 Å². The van der Waals surface area contributed by atoms with Crippen molar-refractivity contribution in [2.24, 2.45) is 0 Å². The highest BCUT2D eigenvalue weighted by Crippen LogP contribution is 2.48. The first-order chi connectivity index (χ1) is 27.0. The second kappa shape index (κ2) is 12.0. The standard InChI is InChI=1S/C49H37BN4Si/c1-32-24-26-39(35(30-32)37-16-7-9-28-51-37)53-41-18-11-19-42-47(41)50-48-43(53)20-12-22-45(48)55(3,34-14-5-4-6-15-34)46-23-13-21-44(49(46)50)54(42)40-27-25-33(2)31-36(40)38-17-8-10-29-52-38/h4-31H,1-3H3. The molecule has 0 saturated carbocycles. The molecule has 0 fully saturated rings. The number of pyridine rings is 2. The molecule has 55 heavy (non-hydrogen) atoms. The van der Waals surface area contributed by atoms with E-state index in [1.54, 1.807) is 0 Å². The Morgan fingerprint density at radius 2 is 0.891 bits per heavy atom. The molecule has 5 heterocycles. The van der Waals surface area contributed by atoms with Crippen LogP contribution >= 0.6 is 0 Å². The van der Waals surface area contributed by atoms with Crippen LogP contribution in [0.2, 0.25) is 6.55 Å². The first kappa shape index (κ1) is 32.0. The molecule has 0 N–H and O–H groups in total. The first-order valence-corrected chi connectivity index (χ1v) is 21.6. The molecule has 4 nitrogen and oxygen atoms in total. The maximum Gasteiger partial charge on any atom is 0.251 e. The van der Waals surface area contributed by atoms with Gasteiger partial charge in [0.05, 0.1) is 22.8 Å². The van der Waals surface area contributed by atoms with Gasteiger partial charge in [-0.25, -0.2) is 0 Å². The fraction of sp³-hybridized carbons (Fsp3) is 0.0612. The maximum atomic E-state index is 4.90. The maximum absolute atomic E-state index is 4.90. The van der Waals surface area contributed by atoms with Crippen LogP contribution in [0.3, 0.4) is 0 Å². The normalized spacial score (nSPS) is 14.1. The number of aromatic nitrogens is 2. The molecule has 6 aromatic carbocycles. The Labute approximate surface area is 323 Å². The molecule has 0 spiro atoms. The van der Waals surface area contributed by atoms with Gasteiger partial charge in [0, 0.05) is 46.3 Å². The minimum atomic E-state index is -2.54. The van der Waals surface area contributed by atoms with Crippen LogP contribution in [0.5, 0.6) is 0 Å². The average molecular weight is 721 g/mol. The Morgan fingerprint density at radius 3 is 1.36 bits per heavy atom. The van der Waals surface area contributed by atoms with E-state index in [4.69, 9.17) is 9.97 Å². The molecule has 3 aliphatic rings. The van der Waals surface area contributed by atoms with E-state index in [2.05, 4.69) is 176 Å². The van der Waals surface area contributed by atoms with Crippen molar-refractivity contribution in [2.75, 3.05) is 9.80 Å². The van der Waals surface area contributed by atoms with Crippen molar-refractivity contribution < 1.29 is 0 Å². The molecule has 3 aliphatic heterocycles. The Morgan fingerprint density at radius 1 is 0.436 bits per heavy atom. The highest BCUT2D eigenvalue weighted by atomic mass is 28.3. The van der Waals surface area contributed by atoms with Crippen LogP contribution in [0.25, 0.3) is 22.5 Å². The highest BCUT2D eigenvalue weighted by molar-refractivity contribution is 7.21. The lowest BCUT2D eigenvalue weighted by Crippen LogP contribution is -2.83. The fourth-order valence-electron chi connectivity index (χ4n) is 9.79. The molecule has 8 aromatic rings. The molecule has 0 atom stereocenters. The summed E-state index contributed by atoms with van der Waals surface area (Å²) >= 11 is 0. The summed E-state index contributed by atoms with van der Waals surface area (Å²) < 4.78 is 0. The third-order valence-electron chi connectivity index (χ3n) is 12.2. The van der Waals surface area contributed by atoms with Crippen molar-refractivity contribution in [2.45, 2.75) is 20.4 Å². The lowest BCUT2D eigenvalue weighted by molar-refractivity contribution is 1.23. The number of hydrogen-bond acceptors (Lipinski definition) is 4. The SMILES string of the molecule is Cc1ccc(N2c3cccc4c3B3c5c2cccc5[Si](C)(c2ccccc2)c2cccc(c23)N4c2ccc(C)cc2-c2ccccn2)c(-c2ccccn2)c1. The number of nitrogens with zero attached hydrogens (tertiary/aromatic N) is 4. The molecule has 0 amide bonds. The van der Waals surface area contributed by atoms with Crippen molar-refractivity contribution in [3.63, 3.8) is 0 Å². The Hall–Kier alpha value is -6.50. The van der Waals surface area contributed by atoms with Crippen LogP contribution in [0.4, 0.5) is 34.1 Å². The summed E-state index contributed by atoms with van der Waals surface area (Å²) in [6.45, 7) is 6.99. The van der Waals surface area contributed by atoms with Crippen LogP contribution in [-0.2, 0) is 0 Å². The van der Waals surface area contributed by atoms with Crippen molar-refractivity contribution in [1.29, 1.82) is 0 Å². The van der Waals surface area contributed by atoms with E-state index in [1.165, 1.54) is 65.8 Å². The van der Waals surface area contributed by atoms with Gasteiger partial charge in [-0.1, -0.05) is 113 Å². The van der Waals surface area contributed by atoms with Crippen LogP contribution < -0.4 is 41.7 Å². The van der Waals surface area contributed by atoms with E-state index in [9.17, 15) is 0 Å². The van der Waals surface area contributed by atoms with Gasteiger partial charge in [-0.3, -0.25) is 9.97 Å². The number of aryl methyl sites for hydroxylation is 2. The number of rotatable bonds is 5. The lowest BCUT2D eigenvalue weighted by Gasteiger charge is -2.50. The zero-order valence-electron chi connectivity index (χ0n) is 31.0. The van der Waals surface area contributed by atoms with E-state index in [0.29, 0.717) is 0 Å². The Kier molecular flexibility index (Phi) is 6.98. The largest absolute Gasteiger partial charge is 0.311 e. The summed E-state index contributed by atoms with van der Waals surface area (Å²) in [7, 11) is -2.54. The second-order valence-electron chi connectivity index (χ2n) is 15.3. The van der Waals surface area contributed by atoms with Gasteiger partial charge in [0.2, 0.25) is 0 Å². The molecule has 11 rings (SSSR count). The van der Waals surface area contributed by atoms with Crippen molar-refractivity contribution >= 4 is 80.9 Å². The number of benzene rings is 6. The third-order valence-corrected chi connectivity index (χ3v) is 16.7. The zero-order valence-corrected chi connectivity index (χ0v) is 32.0. The van der Waals surface area contributed by atoms with Gasteiger partial charge in [0.15, 0.2) is 0 Å².